The number of methoxy groups -OCH3 is 1. The monoisotopic (exact) mass is 423 g/mol. The predicted octanol–water partition coefficient (Wildman–Crippen LogP) is 3.66. The molecular weight excluding hydrogens is 401 g/mol. The highest BCUT2D eigenvalue weighted by atomic mass is 127. The smallest absolute Gasteiger partial charge is 0.191 e. The summed E-state index contributed by atoms with van der Waals surface area (Å²) in [6, 6.07) is 5.69. The second kappa shape index (κ2) is 9.35. The van der Waals surface area contributed by atoms with E-state index >= 15 is 0 Å². The van der Waals surface area contributed by atoms with Crippen LogP contribution in [0, 0.1) is 0 Å². The number of nitrogens with two attached hydrogens (primary N) is 1. The molecule has 1 aliphatic heterocycles. The van der Waals surface area contributed by atoms with Crippen LogP contribution in [0.2, 0.25) is 5.02 Å². The molecule has 0 radical (unpaired) electrons. The highest BCUT2D eigenvalue weighted by molar-refractivity contribution is 14.0. The maximum Gasteiger partial charge on any atom is 0.191 e. The summed E-state index contributed by atoms with van der Waals surface area (Å²) in [6.45, 7) is 2.57. The zero-order chi connectivity index (χ0) is 14.4. The number of ether oxygens (including phenoxy) is 1. The van der Waals surface area contributed by atoms with Crippen LogP contribution in [0.3, 0.4) is 0 Å². The quantitative estimate of drug-likeness (QED) is 0.459. The summed E-state index contributed by atoms with van der Waals surface area (Å²) in [6.07, 6.45) is 4.98. The Kier molecular flexibility index (Phi) is 8.18. The maximum absolute atomic E-state index is 6.10. The molecule has 1 aliphatic rings. The molecule has 0 bridgehead atoms. The standard InChI is InChI=1S/C15H22ClN3O.HI/c1-20-14-7-6-12(10-13(14)16)11-18-15(17)19-8-4-2-3-5-9-19;/h6-7,10H,2-5,8-9,11H2,1H3,(H2,17,18);1H. The van der Waals surface area contributed by atoms with E-state index in [0.29, 0.717) is 23.3 Å². The number of aliphatic imine (C=N–C) groups is 1. The summed E-state index contributed by atoms with van der Waals surface area (Å²) in [7, 11) is 1.61. The summed E-state index contributed by atoms with van der Waals surface area (Å²) in [5.41, 5.74) is 7.11. The fraction of sp³-hybridized carbons (Fsp3) is 0.533. The van der Waals surface area contributed by atoms with Crippen molar-refractivity contribution in [1.29, 1.82) is 0 Å². The molecule has 0 spiro atoms. The van der Waals surface area contributed by atoms with E-state index in [1.54, 1.807) is 7.11 Å². The zero-order valence-electron chi connectivity index (χ0n) is 12.3. The molecule has 0 atom stereocenters. The molecule has 1 aromatic carbocycles. The largest absolute Gasteiger partial charge is 0.495 e. The third-order valence-electron chi connectivity index (χ3n) is 3.57. The second-order valence-electron chi connectivity index (χ2n) is 5.04. The number of guanidine groups is 1. The van der Waals surface area contributed by atoms with Crippen LogP contribution in [0.5, 0.6) is 5.75 Å². The third kappa shape index (κ3) is 5.54. The lowest BCUT2D eigenvalue weighted by Gasteiger charge is -2.21. The number of benzene rings is 1. The summed E-state index contributed by atoms with van der Waals surface area (Å²) in [5, 5.41) is 0.605. The number of hydrogen-bond donors (Lipinski definition) is 1. The van der Waals surface area contributed by atoms with Gasteiger partial charge in [0.25, 0.3) is 0 Å². The Morgan fingerprint density at radius 2 is 1.95 bits per heavy atom. The van der Waals surface area contributed by atoms with E-state index in [1.807, 2.05) is 18.2 Å². The lowest BCUT2D eigenvalue weighted by molar-refractivity contribution is 0.415. The zero-order valence-corrected chi connectivity index (χ0v) is 15.4. The Labute approximate surface area is 148 Å². The summed E-state index contributed by atoms with van der Waals surface area (Å²) < 4.78 is 5.13. The van der Waals surface area contributed by atoms with Crippen LogP contribution >= 0.6 is 35.6 Å². The molecule has 0 unspecified atom stereocenters. The van der Waals surface area contributed by atoms with Crippen molar-refractivity contribution in [2.24, 2.45) is 10.7 Å². The average molecular weight is 424 g/mol. The van der Waals surface area contributed by atoms with Gasteiger partial charge < -0.3 is 15.4 Å². The molecule has 21 heavy (non-hydrogen) atoms. The molecule has 2 N–H and O–H groups in total. The van der Waals surface area contributed by atoms with Crippen molar-refractivity contribution in [2.45, 2.75) is 32.2 Å². The first-order valence-corrected chi connectivity index (χ1v) is 7.46. The van der Waals surface area contributed by atoms with Gasteiger partial charge in [-0.3, -0.25) is 0 Å². The van der Waals surface area contributed by atoms with Gasteiger partial charge in [0.15, 0.2) is 5.96 Å². The molecule has 0 saturated carbocycles. The van der Waals surface area contributed by atoms with E-state index in [-0.39, 0.29) is 24.0 Å². The average Bonchev–Trinajstić information content (AvgIpc) is 2.74. The maximum atomic E-state index is 6.10. The Bertz CT molecular complexity index is 474. The molecule has 118 valence electrons. The predicted molar refractivity (Wildman–Crippen MR) is 98.8 cm³/mol. The first kappa shape index (κ1) is 18.4. The summed E-state index contributed by atoms with van der Waals surface area (Å²) in [4.78, 5) is 6.66. The van der Waals surface area contributed by atoms with Crippen LogP contribution < -0.4 is 10.5 Å². The van der Waals surface area contributed by atoms with Gasteiger partial charge in [0.1, 0.15) is 5.75 Å². The van der Waals surface area contributed by atoms with Gasteiger partial charge in [0.2, 0.25) is 0 Å². The first-order valence-electron chi connectivity index (χ1n) is 7.08. The minimum atomic E-state index is 0. The summed E-state index contributed by atoms with van der Waals surface area (Å²) >= 11 is 6.10. The number of nitrogens with zero attached hydrogens (tertiary/aromatic N) is 2. The van der Waals surface area contributed by atoms with Gasteiger partial charge in [0.05, 0.1) is 18.7 Å². The summed E-state index contributed by atoms with van der Waals surface area (Å²) in [5.74, 6) is 1.32. The van der Waals surface area contributed by atoms with E-state index in [2.05, 4.69) is 9.89 Å². The first-order chi connectivity index (χ1) is 9.70. The van der Waals surface area contributed by atoms with Crippen LogP contribution in [0.4, 0.5) is 0 Å². The molecule has 4 nitrogen and oxygen atoms in total. The van der Waals surface area contributed by atoms with Gasteiger partial charge >= 0.3 is 0 Å². The Morgan fingerprint density at radius 3 is 2.52 bits per heavy atom. The molecule has 6 heteroatoms. The van der Waals surface area contributed by atoms with Crippen LogP contribution in [-0.4, -0.2) is 31.1 Å². The number of hydrogen-bond acceptors (Lipinski definition) is 2. The molecule has 0 aromatic heterocycles. The van der Waals surface area contributed by atoms with Crippen molar-refractivity contribution in [2.75, 3.05) is 20.2 Å². The van der Waals surface area contributed by atoms with Gasteiger partial charge in [0, 0.05) is 13.1 Å². The van der Waals surface area contributed by atoms with Gasteiger partial charge in [-0.1, -0.05) is 30.5 Å². The number of rotatable bonds is 3. The molecule has 1 fully saturated rings. The highest BCUT2D eigenvalue weighted by Crippen LogP contribution is 2.25. The van der Waals surface area contributed by atoms with Gasteiger partial charge in [-0.15, -0.1) is 24.0 Å². The Balaban J connectivity index is 0.00000220. The Hall–Kier alpha value is -0.690. The third-order valence-corrected chi connectivity index (χ3v) is 3.87. The minimum Gasteiger partial charge on any atom is -0.495 e. The van der Waals surface area contributed by atoms with Gasteiger partial charge in [-0.25, -0.2) is 4.99 Å². The Morgan fingerprint density at radius 1 is 1.29 bits per heavy atom. The van der Waals surface area contributed by atoms with Crippen molar-refractivity contribution in [3.05, 3.63) is 28.8 Å². The van der Waals surface area contributed by atoms with Crippen LogP contribution in [0.25, 0.3) is 0 Å². The topological polar surface area (TPSA) is 50.9 Å². The fourth-order valence-corrected chi connectivity index (χ4v) is 2.66. The second-order valence-corrected chi connectivity index (χ2v) is 5.45. The minimum absolute atomic E-state index is 0. The van der Waals surface area contributed by atoms with Crippen molar-refractivity contribution >= 4 is 41.5 Å². The van der Waals surface area contributed by atoms with E-state index < -0.39 is 0 Å². The van der Waals surface area contributed by atoms with E-state index in [9.17, 15) is 0 Å². The van der Waals surface area contributed by atoms with Crippen molar-refractivity contribution < 1.29 is 4.74 Å². The van der Waals surface area contributed by atoms with E-state index in [4.69, 9.17) is 22.1 Å². The lowest BCUT2D eigenvalue weighted by Crippen LogP contribution is -2.38. The van der Waals surface area contributed by atoms with Crippen LogP contribution in [-0.2, 0) is 6.54 Å². The molecular formula is C15H23ClIN3O. The molecule has 0 amide bonds. The van der Waals surface area contributed by atoms with Gasteiger partial charge in [-0.2, -0.15) is 0 Å². The fourth-order valence-electron chi connectivity index (χ4n) is 2.38. The van der Waals surface area contributed by atoms with Crippen molar-refractivity contribution in [1.82, 2.24) is 4.90 Å². The number of halogens is 2. The SMILES string of the molecule is COc1ccc(CN=C(N)N2CCCCCC2)cc1Cl.I. The highest BCUT2D eigenvalue weighted by Gasteiger charge is 2.10. The molecule has 1 aromatic rings. The van der Waals surface area contributed by atoms with Crippen molar-refractivity contribution in [3.8, 4) is 5.75 Å². The van der Waals surface area contributed by atoms with Crippen LogP contribution in [0.15, 0.2) is 23.2 Å². The van der Waals surface area contributed by atoms with Gasteiger partial charge in [-0.05, 0) is 30.5 Å². The number of likely N-dealkylation sites (tertiary alicyclic amines) is 1. The van der Waals surface area contributed by atoms with Crippen molar-refractivity contribution in [3.63, 3.8) is 0 Å². The normalized spacial score (nSPS) is 16.1. The van der Waals surface area contributed by atoms with E-state index in [0.717, 1.165) is 18.7 Å². The van der Waals surface area contributed by atoms with E-state index in [1.165, 1.54) is 25.7 Å². The molecule has 1 heterocycles. The molecule has 0 aliphatic carbocycles. The molecule has 1 saturated heterocycles. The molecule has 2 rings (SSSR count). The van der Waals surface area contributed by atoms with Crippen LogP contribution in [0.1, 0.15) is 31.2 Å². The lowest BCUT2D eigenvalue weighted by atomic mass is 10.2.